The topological polar surface area (TPSA) is 143 Å². The lowest BCUT2D eigenvalue weighted by Gasteiger charge is -2.20. The van der Waals surface area contributed by atoms with Crippen molar-refractivity contribution in [2.24, 2.45) is 0 Å². The van der Waals surface area contributed by atoms with Crippen LogP contribution in [0.5, 0.6) is 11.5 Å². The number of hydrogen-bond acceptors (Lipinski definition) is 7. The summed E-state index contributed by atoms with van der Waals surface area (Å²) >= 11 is 0. The Bertz CT molecular complexity index is 774. The largest absolute Gasteiger partial charge is 0.534 e. The van der Waals surface area contributed by atoms with Crippen LogP contribution in [-0.2, 0) is 14.9 Å². The molecule has 0 fully saturated rings. The van der Waals surface area contributed by atoms with Crippen molar-refractivity contribution in [2.75, 3.05) is 0 Å². The molecule has 9 nitrogen and oxygen atoms in total. The lowest BCUT2D eigenvalue weighted by Crippen LogP contribution is -2.49. The minimum absolute atomic E-state index is 0.416. The number of amides is 1. The fraction of sp³-hybridized carbons (Fsp3) is 0.364. The van der Waals surface area contributed by atoms with Gasteiger partial charge < -0.3 is 19.7 Å². The Kier molecular flexibility index (Phi) is 4.99. The van der Waals surface area contributed by atoms with Gasteiger partial charge in [-0.25, -0.2) is 9.78 Å². The zero-order valence-corrected chi connectivity index (χ0v) is 12.9. The van der Waals surface area contributed by atoms with Crippen molar-refractivity contribution in [2.45, 2.75) is 24.9 Å². The molecule has 0 unspecified atom stereocenters. The molecular formula is C11H11F3N2O7S. The van der Waals surface area contributed by atoms with E-state index in [9.17, 15) is 36.3 Å². The lowest BCUT2D eigenvalue weighted by molar-refractivity contribution is -0.143. The first-order chi connectivity index (χ1) is 10.7. The van der Waals surface area contributed by atoms with Crippen LogP contribution in [0.2, 0.25) is 0 Å². The Morgan fingerprint density at radius 3 is 2.25 bits per heavy atom. The van der Waals surface area contributed by atoms with Crippen LogP contribution in [0.15, 0.2) is 12.3 Å². The maximum absolute atomic E-state index is 12.2. The molecule has 0 atom stereocenters. The SMILES string of the molecule is CC(C)(NC(=O)c1ncc(OS(=O)(=O)C(F)(F)F)cc1O)C(=O)O. The number of rotatable bonds is 5. The van der Waals surface area contributed by atoms with Crippen molar-refractivity contribution >= 4 is 22.0 Å². The summed E-state index contributed by atoms with van der Waals surface area (Å²) < 4.78 is 61.9. The summed E-state index contributed by atoms with van der Waals surface area (Å²) in [6.07, 6.45) is 0.450. The highest BCUT2D eigenvalue weighted by Gasteiger charge is 2.48. The van der Waals surface area contributed by atoms with Crippen molar-refractivity contribution in [3.8, 4) is 11.5 Å². The highest BCUT2D eigenvalue weighted by molar-refractivity contribution is 7.88. The number of aliphatic carboxylic acids is 1. The first-order valence-electron chi connectivity index (χ1n) is 5.93. The predicted octanol–water partition coefficient (Wildman–Crippen LogP) is 0.609. The molecule has 1 aromatic heterocycles. The number of carboxylic acids is 1. The Hall–Kier alpha value is -2.57. The second-order valence-corrected chi connectivity index (χ2v) is 6.44. The molecule has 0 aliphatic carbocycles. The molecule has 24 heavy (non-hydrogen) atoms. The number of alkyl halides is 3. The van der Waals surface area contributed by atoms with Gasteiger partial charge in [-0.05, 0) is 13.8 Å². The fourth-order valence-electron chi connectivity index (χ4n) is 1.23. The third-order valence-electron chi connectivity index (χ3n) is 2.51. The van der Waals surface area contributed by atoms with Crippen molar-refractivity contribution in [1.29, 1.82) is 0 Å². The van der Waals surface area contributed by atoms with E-state index >= 15 is 0 Å². The number of carbonyl (C=O) groups excluding carboxylic acids is 1. The Morgan fingerprint density at radius 2 is 1.83 bits per heavy atom. The highest BCUT2D eigenvalue weighted by Crippen LogP contribution is 2.29. The van der Waals surface area contributed by atoms with Crippen molar-refractivity contribution < 1.29 is 45.6 Å². The summed E-state index contributed by atoms with van der Waals surface area (Å²) in [5, 5.41) is 20.4. The van der Waals surface area contributed by atoms with E-state index in [1.807, 2.05) is 5.32 Å². The molecule has 0 aliphatic heterocycles. The third kappa shape index (κ3) is 4.24. The van der Waals surface area contributed by atoms with Gasteiger partial charge >= 0.3 is 21.6 Å². The van der Waals surface area contributed by atoms with Crippen LogP contribution >= 0.6 is 0 Å². The molecule has 0 saturated heterocycles. The predicted molar refractivity (Wildman–Crippen MR) is 70.7 cm³/mol. The van der Waals surface area contributed by atoms with Crippen LogP contribution in [0.4, 0.5) is 13.2 Å². The number of pyridine rings is 1. The fourth-order valence-corrected chi connectivity index (χ4v) is 1.66. The molecule has 1 amide bonds. The molecule has 0 bridgehead atoms. The smallest absolute Gasteiger partial charge is 0.505 e. The second-order valence-electron chi connectivity index (χ2n) is 4.91. The van der Waals surface area contributed by atoms with Crippen LogP contribution in [0.25, 0.3) is 0 Å². The zero-order valence-electron chi connectivity index (χ0n) is 12.1. The quantitative estimate of drug-likeness (QED) is 0.504. The van der Waals surface area contributed by atoms with Crippen molar-refractivity contribution in [3.05, 3.63) is 18.0 Å². The maximum Gasteiger partial charge on any atom is 0.534 e. The van der Waals surface area contributed by atoms with E-state index in [-0.39, 0.29) is 0 Å². The number of nitrogens with one attached hydrogen (secondary N) is 1. The summed E-state index contributed by atoms with van der Waals surface area (Å²) in [5.74, 6) is -4.54. The monoisotopic (exact) mass is 372 g/mol. The number of halogens is 3. The number of nitrogens with zero attached hydrogens (tertiary/aromatic N) is 1. The van der Waals surface area contributed by atoms with Gasteiger partial charge in [0.2, 0.25) is 0 Å². The summed E-state index contributed by atoms with van der Waals surface area (Å²) in [6, 6.07) is 0.416. The molecule has 1 rings (SSSR count). The van der Waals surface area contributed by atoms with E-state index in [2.05, 4.69) is 9.17 Å². The summed E-state index contributed by atoms with van der Waals surface area (Å²) in [5.41, 5.74) is -8.15. The number of carboxylic acid groups (broad SMARTS) is 1. The molecule has 1 heterocycles. The van der Waals surface area contributed by atoms with Gasteiger partial charge in [0.25, 0.3) is 5.91 Å². The molecule has 0 spiro atoms. The molecular weight excluding hydrogens is 361 g/mol. The molecule has 0 saturated carbocycles. The van der Waals surface area contributed by atoms with Gasteiger partial charge in [-0.3, -0.25) is 4.79 Å². The van der Waals surface area contributed by atoms with Gasteiger partial charge in [-0.1, -0.05) is 0 Å². The summed E-state index contributed by atoms with van der Waals surface area (Å²) in [7, 11) is -5.97. The minimum Gasteiger partial charge on any atom is -0.505 e. The summed E-state index contributed by atoms with van der Waals surface area (Å²) in [4.78, 5) is 26.0. The van der Waals surface area contributed by atoms with Gasteiger partial charge in [0.15, 0.2) is 17.2 Å². The number of aromatic hydroxyl groups is 1. The van der Waals surface area contributed by atoms with Gasteiger partial charge in [0.05, 0.1) is 6.20 Å². The van der Waals surface area contributed by atoms with Gasteiger partial charge in [0.1, 0.15) is 5.54 Å². The van der Waals surface area contributed by atoms with Gasteiger partial charge in [0, 0.05) is 6.07 Å². The molecule has 13 heteroatoms. The highest BCUT2D eigenvalue weighted by atomic mass is 32.2. The van der Waals surface area contributed by atoms with Crippen LogP contribution in [0.3, 0.4) is 0 Å². The number of hydrogen-bond donors (Lipinski definition) is 3. The summed E-state index contributed by atoms with van der Waals surface area (Å²) in [6.45, 7) is 2.27. The van der Waals surface area contributed by atoms with Gasteiger partial charge in [-0.2, -0.15) is 21.6 Å². The van der Waals surface area contributed by atoms with E-state index in [0.717, 1.165) is 13.8 Å². The zero-order chi connectivity index (χ0) is 18.9. The average molecular weight is 372 g/mol. The molecule has 134 valence electrons. The van der Waals surface area contributed by atoms with Crippen molar-refractivity contribution in [3.63, 3.8) is 0 Å². The maximum atomic E-state index is 12.2. The Morgan fingerprint density at radius 1 is 1.29 bits per heavy atom. The number of aromatic nitrogens is 1. The van der Waals surface area contributed by atoms with E-state index in [0.29, 0.717) is 12.3 Å². The first kappa shape index (κ1) is 19.5. The molecule has 0 aromatic carbocycles. The van der Waals surface area contributed by atoms with E-state index in [4.69, 9.17) is 5.11 Å². The van der Waals surface area contributed by atoms with E-state index in [1.54, 1.807) is 0 Å². The minimum atomic E-state index is -5.97. The Balaban J connectivity index is 3.05. The van der Waals surface area contributed by atoms with E-state index < -0.39 is 50.2 Å². The van der Waals surface area contributed by atoms with Crippen LogP contribution < -0.4 is 9.50 Å². The van der Waals surface area contributed by atoms with Gasteiger partial charge in [-0.15, -0.1) is 0 Å². The molecule has 3 N–H and O–H groups in total. The second kappa shape index (κ2) is 6.14. The van der Waals surface area contributed by atoms with Crippen molar-refractivity contribution in [1.82, 2.24) is 10.3 Å². The Labute approximate surface area is 133 Å². The third-order valence-corrected chi connectivity index (χ3v) is 3.49. The van der Waals surface area contributed by atoms with Crippen LogP contribution in [0, 0.1) is 0 Å². The standard InChI is InChI=1S/C11H11F3N2O7S/c1-10(2,9(19)20)16-8(18)7-6(17)3-5(4-15-7)23-24(21,22)11(12,13)14/h3-4,17H,1-2H3,(H,16,18)(H,19,20). The molecule has 0 radical (unpaired) electrons. The van der Waals surface area contributed by atoms with Crippen LogP contribution in [-0.4, -0.2) is 46.5 Å². The normalized spacial score (nSPS) is 12.5. The average Bonchev–Trinajstić information content (AvgIpc) is 2.35. The molecule has 1 aromatic rings. The lowest BCUT2D eigenvalue weighted by atomic mass is 10.1. The molecule has 0 aliphatic rings. The first-order valence-corrected chi connectivity index (χ1v) is 7.34. The number of carbonyl (C=O) groups is 2. The van der Waals surface area contributed by atoms with E-state index in [1.165, 1.54) is 0 Å². The van der Waals surface area contributed by atoms with Crippen LogP contribution in [0.1, 0.15) is 24.3 Å².